The summed E-state index contributed by atoms with van der Waals surface area (Å²) in [7, 11) is 0. The zero-order chi connectivity index (χ0) is 13.5. The Morgan fingerprint density at radius 3 is 2.79 bits per heavy atom. The summed E-state index contributed by atoms with van der Waals surface area (Å²) in [5, 5.41) is 3.47. The van der Waals surface area contributed by atoms with E-state index >= 15 is 0 Å². The Balaban J connectivity index is 1.89. The topological polar surface area (TPSA) is 55.1 Å². The Labute approximate surface area is 115 Å². The third kappa shape index (κ3) is 4.35. The number of carbonyl (C=O) groups excluding carboxylic acids is 1. The van der Waals surface area contributed by atoms with Gasteiger partial charge in [-0.05, 0) is 37.4 Å². The fraction of sp³-hybridized carbons (Fsp3) is 0.562. The van der Waals surface area contributed by atoms with E-state index < -0.39 is 0 Å². The predicted octanol–water partition coefficient (Wildman–Crippen LogP) is 3.21. The molecule has 1 aliphatic carbocycles. The van der Waals surface area contributed by atoms with Crippen molar-refractivity contribution in [2.24, 2.45) is 11.7 Å². The number of hydrogen-bond acceptors (Lipinski definition) is 3. The highest BCUT2D eigenvalue weighted by Gasteiger charge is 2.13. The summed E-state index contributed by atoms with van der Waals surface area (Å²) in [6.07, 6.45) is 7.20. The molecule has 2 rings (SSSR count). The van der Waals surface area contributed by atoms with Crippen LogP contribution in [0.15, 0.2) is 24.3 Å². The summed E-state index contributed by atoms with van der Waals surface area (Å²) in [4.78, 5) is 11.8. The van der Waals surface area contributed by atoms with Gasteiger partial charge in [-0.3, -0.25) is 4.79 Å². The number of benzene rings is 1. The van der Waals surface area contributed by atoms with Gasteiger partial charge in [-0.25, -0.2) is 0 Å². The lowest BCUT2D eigenvalue weighted by Crippen LogP contribution is -2.17. The molecule has 0 heterocycles. The molecule has 1 fully saturated rings. The van der Waals surface area contributed by atoms with Crippen LogP contribution < -0.4 is 11.1 Å². The summed E-state index contributed by atoms with van der Waals surface area (Å²) < 4.78 is 0. The van der Waals surface area contributed by atoms with Crippen molar-refractivity contribution in [2.75, 3.05) is 18.4 Å². The van der Waals surface area contributed by atoms with Crippen molar-refractivity contribution in [3.63, 3.8) is 0 Å². The highest BCUT2D eigenvalue weighted by Crippen LogP contribution is 2.24. The number of rotatable bonds is 6. The quantitative estimate of drug-likeness (QED) is 0.772. The number of hydrogen-bond donors (Lipinski definition) is 2. The van der Waals surface area contributed by atoms with Crippen molar-refractivity contribution in [1.29, 1.82) is 0 Å². The van der Waals surface area contributed by atoms with Crippen LogP contribution in [-0.4, -0.2) is 18.9 Å². The second-order valence-electron chi connectivity index (χ2n) is 5.43. The third-order valence-corrected chi connectivity index (χ3v) is 3.88. The zero-order valence-corrected chi connectivity index (χ0v) is 11.5. The van der Waals surface area contributed by atoms with Crippen LogP contribution in [0, 0.1) is 5.92 Å². The summed E-state index contributed by atoms with van der Waals surface area (Å²) in [5.41, 5.74) is 7.24. The van der Waals surface area contributed by atoms with Gasteiger partial charge in [0.1, 0.15) is 0 Å². The maximum absolute atomic E-state index is 11.8. The van der Waals surface area contributed by atoms with Gasteiger partial charge < -0.3 is 11.1 Å². The van der Waals surface area contributed by atoms with Gasteiger partial charge in [0, 0.05) is 24.2 Å². The predicted molar refractivity (Wildman–Crippen MR) is 79.5 cm³/mol. The minimum absolute atomic E-state index is 0.129. The van der Waals surface area contributed by atoms with Crippen LogP contribution in [0.25, 0.3) is 0 Å². The molecule has 104 valence electrons. The molecule has 0 saturated heterocycles. The molecular formula is C16H24N2O. The van der Waals surface area contributed by atoms with E-state index in [1.54, 1.807) is 0 Å². The largest absolute Gasteiger partial charge is 0.385 e. The molecule has 0 radical (unpaired) electrons. The fourth-order valence-electron chi connectivity index (χ4n) is 2.73. The molecule has 0 aromatic heterocycles. The van der Waals surface area contributed by atoms with Gasteiger partial charge in [0.25, 0.3) is 0 Å². The molecule has 1 aromatic rings. The molecule has 3 heteroatoms. The lowest BCUT2D eigenvalue weighted by atomic mass is 9.89. The van der Waals surface area contributed by atoms with Crippen LogP contribution in [0.4, 0.5) is 5.69 Å². The van der Waals surface area contributed by atoms with E-state index in [4.69, 9.17) is 5.73 Å². The number of anilines is 1. The van der Waals surface area contributed by atoms with Crippen molar-refractivity contribution in [2.45, 2.75) is 38.5 Å². The lowest BCUT2D eigenvalue weighted by molar-refractivity contribution is 0.0985. The molecule has 19 heavy (non-hydrogen) atoms. The molecule has 1 saturated carbocycles. The Morgan fingerprint density at radius 1 is 1.26 bits per heavy atom. The van der Waals surface area contributed by atoms with Gasteiger partial charge in [-0.15, -0.1) is 0 Å². The lowest BCUT2D eigenvalue weighted by Gasteiger charge is -2.22. The minimum Gasteiger partial charge on any atom is -0.385 e. The van der Waals surface area contributed by atoms with E-state index in [1.165, 1.54) is 32.1 Å². The highest BCUT2D eigenvalue weighted by molar-refractivity contribution is 5.97. The standard InChI is InChI=1S/C16H24N2O/c17-10-9-16(19)14-7-4-8-15(11-14)18-12-13-5-2-1-3-6-13/h4,7-8,11,13,18H,1-3,5-6,9-10,12,17H2. The molecule has 3 nitrogen and oxygen atoms in total. The third-order valence-electron chi connectivity index (χ3n) is 3.88. The molecule has 0 amide bonds. The Morgan fingerprint density at radius 2 is 2.05 bits per heavy atom. The fourth-order valence-corrected chi connectivity index (χ4v) is 2.73. The number of nitrogens with one attached hydrogen (secondary N) is 1. The van der Waals surface area contributed by atoms with Crippen LogP contribution in [0.5, 0.6) is 0 Å². The van der Waals surface area contributed by atoms with Crippen LogP contribution in [0.1, 0.15) is 48.9 Å². The average Bonchev–Trinajstić information content (AvgIpc) is 2.47. The molecule has 0 spiro atoms. The number of ketones is 1. The van der Waals surface area contributed by atoms with E-state index in [0.29, 0.717) is 13.0 Å². The Kier molecular flexibility index (Phi) is 5.40. The summed E-state index contributed by atoms with van der Waals surface area (Å²) in [6.45, 7) is 1.44. The first-order valence-corrected chi connectivity index (χ1v) is 7.37. The molecule has 3 N–H and O–H groups in total. The Bertz CT molecular complexity index is 411. The first-order chi connectivity index (χ1) is 9.29. The van der Waals surface area contributed by atoms with Crippen molar-refractivity contribution >= 4 is 11.5 Å². The maximum atomic E-state index is 11.8. The molecule has 0 unspecified atom stereocenters. The maximum Gasteiger partial charge on any atom is 0.164 e. The minimum atomic E-state index is 0.129. The first-order valence-electron chi connectivity index (χ1n) is 7.37. The molecule has 0 atom stereocenters. The van der Waals surface area contributed by atoms with Gasteiger partial charge in [0.2, 0.25) is 0 Å². The highest BCUT2D eigenvalue weighted by atomic mass is 16.1. The monoisotopic (exact) mass is 260 g/mol. The van der Waals surface area contributed by atoms with E-state index in [9.17, 15) is 4.79 Å². The Hall–Kier alpha value is -1.35. The molecular weight excluding hydrogens is 236 g/mol. The first kappa shape index (κ1) is 14.1. The second kappa shape index (κ2) is 7.29. The van der Waals surface area contributed by atoms with Crippen LogP contribution in [0.3, 0.4) is 0 Å². The van der Waals surface area contributed by atoms with Crippen molar-refractivity contribution in [3.05, 3.63) is 29.8 Å². The normalized spacial score (nSPS) is 16.3. The van der Waals surface area contributed by atoms with E-state index in [-0.39, 0.29) is 5.78 Å². The molecule has 0 aliphatic heterocycles. The van der Waals surface area contributed by atoms with Crippen LogP contribution in [0.2, 0.25) is 0 Å². The molecule has 1 aliphatic rings. The van der Waals surface area contributed by atoms with Crippen molar-refractivity contribution in [1.82, 2.24) is 0 Å². The van der Waals surface area contributed by atoms with Crippen LogP contribution in [-0.2, 0) is 0 Å². The number of carbonyl (C=O) groups is 1. The van der Waals surface area contributed by atoms with Gasteiger partial charge in [0.05, 0.1) is 0 Å². The molecule has 1 aromatic carbocycles. The average molecular weight is 260 g/mol. The van der Waals surface area contributed by atoms with Crippen LogP contribution >= 0.6 is 0 Å². The van der Waals surface area contributed by atoms with Crippen molar-refractivity contribution < 1.29 is 4.79 Å². The van der Waals surface area contributed by atoms with Gasteiger partial charge >= 0.3 is 0 Å². The van der Waals surface area contributed by atoms with Gasteiger partial charge in [-0.2, -0.15) is 0 Å². The smallest absolute Gasteiger partial charge is 0.164 e. The summed E-state index contributed by atoms with van der Waals surface area (Å²) in [5.74, 6) is 0.918. The van der Waals surface area contributed by atoms with E-state index in [1.807, 2.05) is 24.3 Å². The van der Waals surface area contributed by atoms with E-state index in [0.717, 1.165) is 23.7 Å². The van der Waals surface area contributed by atoms with Gasteiger partial charge in [-0.1, -0.05) is 31.4 Å². The summed E-state index contributed by atoms with van der Waals surface area (Å²) in [6, 6.07) is 7.78. The van der Waals surface area contributed by atoms with Gasteiger partial charge in [0.15, 0.2) is 5.78 Å². The number of nitrogens with two attached hydrogens (primary N) is 1. The SMILES string of the molecule is NCCC(=O)c1cccc(NCC2CCCCC2)c1. The molecule has 0 bridgehead atoms. The van der Waals surface area contributed by atoms with E-state index in [2.05, 4.69) is 5.32 Å². The second-order valence-corrected chi connectivity index (χ2v) is 5.43. The van der Waals surface area contributed by atoms with Crippen molar-refractivity contribution in [3.8, 4) is 0 Å². The number of Topliss-reactive ketones (excluding diaryl/α,β-unsaturated/α-hetero) is 1. The summed E-state index contributed by atoms with van der Waals surface area (Å²) >= 11 is 0. The zero-order valence-electron chi connectivity index (χ0n) is 11.5.